The van der Waals surface area contributed by atoms with Gasteiger partial charge < -0.3 is 0 Å². The monoisotopic (exact) mass is 191 g/mol. The fourth-order valence-corrected chi connectivity index (χ4v) is 2.20. The minimum absolute atomic E-state index is 0.553. The van der Waals surface area contributed by atoms with Gasteiger partial charge in [0, 0.05) is 0 Å². The van der Waals surface area contributed by atoms with Crippen molar-refractivity contribution in [2.24, 2.45) is 0 Å². The molecule has 2 nitrogen and oxygen atoms in total. The molecule has 14 heavy (non-hydrogen) atoms. The van der Waals surface area contributed by atoms with E-state index in [1.807, 2.05) is 0 Å². The van der Waals surface area contributed by atoms with Crippen molar-refractivity contribution in [1.29, 1.82) is 0 Å². The second kappa shape index (κ2) is 3.99. The zero-order chi connectivity index (χ0) is 9.97. The predicted molar refractivity (Wildman–Crippen MR) is 59.7 cm³/mol. The third kappa shape index (κ3) is 1.61. The Balaban J connectivity index is 2.06. The van der Waals surface area contributed by atoms with Gasteiger partial charge in [-0.05, 0) is 18.6 Å². The van der Waals surface area contributed by atoms with Crippen LogP contribution in [0.1, 0.15) is 19.8 Å². The molecule has 2 atom stereocenters. The van der Waals surface area contributed by atoms with E-state index in [-0.39, 0.29) is 0 Å². The Morgan fingerprint density at radius 1 is 1.29 bits per heavy atom. The molecule has 2 heteroatoms. The lowest BCUT2D eigenvalue weighted by Gasteiger charge is -2.19. The van der Waals surface area contributed by atoms with Crippen molar-refractivity contribution >= 4 is 6.34 Å². The lowest BCUT2D eigenvalue weighted by atomic mass is 10.0. The molecule has 1 heterocycles. The molecule has 0 aromatic heterocycles. The topological polar surface area (TPSA) is 6.25 Å². The average molecular weight is 191 g/mol. The molecule has 0 fully saturated rings. The molecular formula is C12H19N2+. The van der Waals surface area contributed by atoms with E-state index in [9.17, 15) is 0 Å². The fraction of sp³-hybridized carbons (Fsp3) is 0.583. The van der Waals surface area contributed by atoms with E-state index >= 15 is 0 Å². The van der Waals surface area contributed by atoms with Gasteiger partial charge in [-0.2, -0.15) is 0 Å². The number of hydrogen-bond acceptors (Lipinski definition) is 1. The van der Waals surface area contributed by atoms with Crippen LogP contribution in [-0.4, -0.2) is 41.5 Å². The van der Waals surface area contributed by atoms with Crippen LogP contribution in [0.3, 0.4) is 0 Å². The van der Waals surface area contributed by atoms with E-state index in [0.29, 0.717) is 12.1 Å². The summed E-state index contributed by atoms with van der Waals surface area (Å²) in [6, 6.07) is 1.12. The highest BCUT2D eigenvalue weighted by Crippen LogP contribution is 2.18. The molecule has 0 saturated carbocycles. The normalized spacial score (nSPS) is 29.3. The predicted octanol–water partition coefficient (Wildman–Crippen LogP) is 1.64. The third-order valence-electron chi connectivity index (χ3n) is 3.03. The van der Waals surface area contributed by atoms with Gasteiger partial charge in [-0.1, -0.05) is 25.5 Å². The van der Waals surface area contributed by atoms with Crippen LogP contribution in [0.25, 0.3) is 0 Å². The van der Waals surface area contributed by atoms with E-state index in [2.05, 4.69) is 54.1 Å². The number of unbranched alkanes of at least 4 members (excludes halogenated alkanes) is 1. The van der Waals surface area contributed by atoms with Gasteiger partial charge in [0.2, 0.25) is 6.34 Å². The third-order valence-corrected chi connectivity index (χ3v) is 3.03. The molecule has 0 aromatic carbocycles. The van der Waals surface area contributed by atoms with Crippen molar-refractivity contribution in [3.8, 4) is 0 Å². The van der Waals surface area contributed by atoms with E-state index in [4.69, 9.17) is 0 Å². The maximum absolute atomic E-state index is 2.45. The van der Waals surface area contributed by atoms with Gasteiger partial charge in [0.05, 0.1) is 13.6 Å². The largest absolute Gasteiger partial charge is 0.260 e. The van der Waals surface area contributed by atoms with Gasteiger partial charge in [0.25, 0.3) is 0 Å². The van der Waals surface area contributed by atoms with Crippen LogP contribution in [0.15, 0.2) is 24.3 Å². The average Bonchev–Trinajstić information content (AvgIpc) is 2.54. The first-order valence-corrected chi connectivity index (χ1v) is 5.50. The van der Waals surface area contributed by atoms with Gasteiger partial charge in [-0.15, -0.1) is 0 Å². The second-order valence-corrected chi connectivity index (χ2v) is 4.12. The van der Waals surface area contributed by atoms with Crippen LogP contribution in [0.4, 0.5) is 0 Å². The molecule has 2 rings (SSSR count). The first-order valence-electron chi connectivity index (χ1n) is 5.50. The standard InChI is InChI=1S/C12H19N2/c1-3-4-9-14-10-13(2)11-7-5-6-8-12(11)14/h5-8,10-12H,3-4,9H2,1-2H3/q+1. The van der Waals surface area contributed by atoms with Gasteiger partial charge in [-0.3, -0.25) is 9.48 Å². The minimum Gasteiger partial charge on any atom is -0.260 e. The van der Waals surface area contributed by atoms with Crippen LogP contribution in [0.5, 0.6) is 0 Å². The van der Waals surface area contributed by atoms with Gasteiger partial charge >= 0.3 is 0 Å². The molecule has 0 N–H and O–H groups in total. The number of fused-ring (bicyclic) bond motifs is 1. The van der Waals surface area contributed by atoms with E-state index in [1.165, 1.54) is 19.4 Å². The molecule has 0 aromatic rings. The Kier molecular flexibility index (Phi) is 2.71. The van der Waals surface area contributed by atoms with Crippen molar-refractivity contribution in [2.45, 2.75) is 31.8 Å². The summed E-state index contributed by atoms with van der Waals surface area (Å²) in [5, 5.41) is 0. The van der Waals surface area contributed by atoms with E-state index in [0.717, 1.165) is 0 Å². The first-order chi connectivity index (χ1) is 6.83. The molecule has 1 aliphatic heterocycles. The summed E-state index contributed by atoms with van der Waals surface area (Å²) in [4.78, 5) is 2.45. The van der Waals surface area contributed by atoms with Gasteiger partial charge in [-0.25, -0.2) is 0 Å². The molecule has 2 unspecified atom stereocenters. The van der Waals surface area contributed by atoms with Crippen molar-refractivity contribution in [2.75, 3.05) is 13.6 Å². The van der Waals surface area contributed by atoms with Gasteiger partial charge in [0.15, 0.2) is 12.1 Å². The highest BCUT2D eigenvalue weighted by Gasteiger charge is 2.37. The van der Waals surface area contributed by atoms with Crippen LogP contribution in [-0.2, 0) is 0 Å². The highest BCUT2D eigenvalue weighted by atomic mass is 15.3. The molecule has 1 aliphatic carbocycles. The van der Waals surface area contributed by atoms with Crippen LogP contribution < -0.4 is 0 Å². The Morgan fingerprint density at radius 2 is 2.07 bits per heavy atom. The molecular weight excluding hydrogens is 172 g/mol. The van der Waals surface area contributed by atoms with E-state index < -0.39 is 0 Å². The number of nitrogens with zero attached hydrogens (tertiary/aromatic N) is 2. The van der Waals surface area contributed by atoms with Gasteiger partial charge in [0.1, 0.15) is 0 Å². The zero-order valence-corrected chi connectivity index (χ0v) is 9.06. The number of allylic oxidation sites excluding steroid dienone is 2. The van der Waals surface area contributed by atoms with Crippen LogP contribution in [0, 0.1) is 0 Å². The summed E-state index contributed by atoms with van der Waals surface area (Å²) >= 11 is 0. The molecule has 0 spiro atoms. The van der Waals surface area contributed by atoms with Crippen LogP contribution >= 0.6 is 0 Å². The summed E-state index contributed by atoms with van der Waals surface area (Å²) < 4.78 is 2.31. The maximum atomic E-state index is 2.45. The molecule has 0 saturated heterocycles. The summed E-state index contributed by atoms with van der Waals surface area (Å²) in [5.74, 6) is 0. The Bertz CT molecular complexity index is 289. The summed E-state index contributed by atoms with van der Waals surface area (Å²) in [5.41, 5.74) is 0. The number of rotatable bonds is 3. The van der Waals surface area contributed by atoms with Crippen LogP contribution in [0.2, 0.25) is 0 Å². The zero-order valence-electron chi connectivity index (χ0n) is 9.06. The lowest BCUT2D eigenvalue weighted by molar-refractivity contribution is -0.513. The SMILES string of the molecule is CCCCN1C=[N+](C)C2C=CC=CC21. The molecule has 0 radical (unpaired) electrons. The minimum atomic E-state index is 0.553. The smallest absolute Gasteiger partial charge is 0.235 e. The van der Waals surface area contributed by atoms with Crippen molar-refractivity contribution in [3.05, 3.63) is 24.3 Å². The molecule has 0 bridgehead atoms. The fourth-order valence-electron chi connectivity index (χ4n) is 2.20. The summed E-state index contributed by atoms with van der Waals surface area (Å²) in [7, 11) is 2.16. The Hall–Kier alpha value is -1.05. The quantitative estimate of drug-likeness (QED) is 0.615. The van der Waals surface area contributed by atoms with Crippen molar-refractivity contribution in [1.82, 2.24) is 4.90 Å². The summed E-state index contributed by atoms with van der Waals surface area (Å²) in [6.45, 7) is 3.42. The second-order valence-electron chi connectivity index (χ2n) is 4.12. The lowest BCUT2D eigenvalue weighted by Crippen LogP contribution is -2.37. The number of likely N-dealkylation sites (N-methyl/N-ethyl adjacent to an activating group) is 1. The highest BCUT2D eigenvalue weighted by molar-refractivity contribution is 5.54. The first kappa shape index (κ1) is 9.50. The molecule has 2 aliphatic rings. The van der Waals surface area contributed by atoms with Crippen molar-refractivity contribution < 1.29 is 4.58 Å². The van der Waals surface area contributed by atoms with Crippen molar-refractivity contribution in [3.63, 3.8) is 0 Å². The molecule has 0 amide bonds. The number of hydrogen-bond donors (Lipinski definition) is 0. The van der Waals surface area contributed by atoms with E-state index in [1.54, 1.807) is 0 Å². The molecule has 76 valence electrons. The maximum Gasteiger partial charge on any atom is 0.235 e. The summed E-state index contributed by atoms with van der Waals surface area (Å²) in [6.07, 6.45) is 13.7. The Morgan fingerprint density at radius 3 is 2.86 bits per heavy atom. The Labute approximate surface area is 86.2 Å².